The Morgan fingerprint density at radius 2 is 1.33 bits per heavy atom. The van der Waals surface area contributed by atoms with Crippen molar-refractivity contribution in [1.82, 2.24) is 10.0 Å². The van der Waals surface area contributed by atoms with Gasteiger partial charge in [-0.1, -0.05) is 10.0 Å². The van der Waals surface area contributed by atoms with Gasteiger partial charge in [0.25, 0.3) is 17.0 Å². The second-order valence-electron chi connectivity index (χ2n) is 3.36. The van der Waals surface area contributed by atoms with Gasteiger partial charge in [-0.05, 0) is 0 Å². The van der Waals surface area contributed by atoms with E-state index >= 15 is 0 Å². The van der Waals surface area contributed by atoms with Crippen molar-refractivity contribution in [2.75, 3.05) is 13.1 Å². The van der Waals surface area contributed by atoms with Gasteiger partial charge >= 0.3 is 0 Å². The number of rotatable bonds is 8. The Kier molecular flexibility index (Phi) is 6.02. The van der Waals surface area contributed by atoms with Crippen LogP contribution in [-0.4, -0.2) is 56.3 Å². The molecule has 0 fully saturated rings. The average molecular weight is 309 g/mol. The largest absolute Gasteiger partial charge is 0.365 e. The molecular weight excluding hydrogens is 298 g/mol. The van der Waals surface area contributed by atoms with Gasteiger partial charge in [-0.25, -0.2) is 20.2 Å². The molecule has 0 aromatic carbocycles. The summed E-state index contributed by atoms with van der Waals surface area (Å²) in [6, 6.07) is 0. The Bertz CT molecular complexity index is 403. The van der Waals surface area contributed by atoms with Crippen LogP contribution in [0.25, 0.3) is 0 Å². The van der Waals surface area contributed by atoms with Crippen LogP contribution in [0.4, 0.5) is 0 Å². The van der Waals surface area contributed by atoms with E-state index in [9.17, 15) is 30.3 Å². The smallest absolute Gasteiger partial charge is 0.294 e. The standard InChI is InChI=1S/C5H11N9O7/c6-4(7)10(12(15)16)1-3(21-14(19)20)2-11(5(8)9)13(17)18/h3H,1-2H2,(H3,6,7)(H3,8,9). The third kappa shape index (κ3) is 5.81. The van der Waals surface area contributed by atoms with Crippen LogP contribution in [0.2, 0.25) is 0 Å². The van der Waals surface area contributed by atoms with Crippen molar-refractivity contribution in [1.29, 1.82) is 10.8 Å². The van der Waals surface area contributed by atoms with E-state index in [-0.39, 0.29) is 10.0 Å². The summed E-state index contributed by atoms with van der Waals surface area (Å²) in [4.78, 5) is 35.5. The molecule has 0 spiro atoms. The summed E-state index contributed by atoms with van der Waals surface area (Å²) in [5.74, 6) is -2.13. The van der Waals surface area contributed by atoms with Crippen molar-refractivity contribution >= 4 is 11.9 Å². The van der Waals surface area contributed by atoms with Crippen molar-refractivity contribution < 1.29 is 20.0 Å². The molecule has 6 N–H and O–H groups in total. The zero-order chi connectivity index (χ0) is 16.7. The summed E-state index contributed by atoms with van der Waals surface area (Å²) in [5.41, 5.74) is 9.79. The molecule has 0 bridgehead atoms. The van der Waals surface area contributed by atoms with E-state index in [1.165, 1.54) is 0 Å². The molecule has 118 valence electrons. The van der Waals surface area contributed by atoms with Gasteiger partial charge in [-0.2, -0.15) is 0 Å². The number of guanidine groups is 2. The van der Waals surface area contributed by atoms with Crippen LogP contribution in [0.3, 0.4) is 0 Å². The summed E-state index contributed by atoms with van der Waals surface area (Å²) in [7, 11) is 0. The molecule has 0 heterocycles. The molecule has 0 unspecified atom stereocenters. The quantitative estimate of drug-likeness (QED) is 0.156. The molecule has 0 radical (unpaired) electrons. The van der Waals surface area contributed by atoms with Crippen molar-refractivity contribution in [3.8, 4) is 0 Å². The summed E-state index contributed by atoms with van der Waals surface area (Å²) in [6.45, 7) is -1.89. The molecule has 16 nitrogen and oxygen atoms in total. The predicted octanol–water partition coefficient (Wildman–Crippen LogP) is -2.66. The first kappa shape index (κ1) is 17.5. The minimum Gasteiger partial charge on any atom is -0.365 e. The highest BCUT2D eigenvalue weighted by Crippen LogP contribution is 2.02. The Labute approximate surface area is 115 Å². The summed E-state index contributed by atoms with van der Waals surface area (Å²) < 4.78 is 0. The van der Waals surface area contributed by atoms with Crippen molar-refractivity contribution in [2.24, 2.45) is 11.5 Å². The molecule has 0 aliphatic heterocycles. The van der Waals surface area contributed by atoms with Crippen molar-refractivity contribution in [3.05, 3.63) is 30.3 Å². The molecule has 0 amide bonds. The van der Waals surface area contributed by atoms with E-state index in [2.05, 4.69) is 4.84 Å². The molecule has 0 aromatic rings. The number of hydrogen-bond acceptors (Lipinski definition) is 9. The number of nitrogens with zero attached hydrogens (tertiary/aromatic N) is 5. The van der Waals surface area contributed by atoms with Crippen LogP contribution in [0.5, 0.6) is 0 Å². The SMILES string of the molecule is N=C(N)N(CC(CN(C(=N)N)[N+](=O)[O-])O[N+](=O)[O-])[N+](=O)[O-]. The van der Waals surface area contributed by atoms with E-state index in [4.69, 9.17) is 22.3 Å². The van der Waals surface area contributed by atoms with E-state index < -0.39 is 46.3 Å². The third-order valence-corrected chi connectivity index (χ3v) is 1.94. The van der Waals surface area contributed by atoms with Crippen LogP contribution in [0, 0.1) is 41.2 Å². The lowest BCUT2D eigenvalue weighted by Crippen LogP contribution is -2.52. The first-order valence-corrected chi connectivity index (χ1v) is 4.89. The fraction of sp³-hybridized carbons (Fsp3) is 0.600. The van der Waals surface area contributed by atoms with E-state index in [1.54, 1.807) is 0 Å². The Balaban J connectivity index is 5.14. The maximum atomic E-state index is 10.6. The fourth-order valence-corrected chi connectivity index (χ4v) is 1.14. The highest BCUT2D eigenvalue weighted by Gasteiger charge is 2.32. The molecule has 0 atom stereocenters. The Morgan fingerprint density at radius 3 is 1.52 bits per heavy atom. The number of nitrogens with one attached hydrogen (secondary N) is 2. The lowest BCUT2D eigenvalue weighted by atomic mass is 10.3. The normalized spacial score (nSPS) is 11.0. The first-order valence-electron chi connectivity index (χ1n) is 4.89. The Hall–Kier alpha value is -3.46. The monoisotopic (exact) mass is 309 g/mol. The van der Waals surface area contributed by atoms with Crippen LogP contribution < -0.4 is 11.5 Å². The molecule has 0 aliphatic carbocycles. The highest BCUT2D eigenvalue weighted by atomic mass is 17.0. The first-order chi connectivity index (χ1) is 9.56. The van der Waals surface area contributed by atoms with Gasteiger partial charge in [-0.3, -0.25) is 10.8 Å². The molecule has 0 rings (SSSR count). The molecule has 0 saturated carbocycles. The topological polar surface area (TPSA) is 245 Å². The van der Waals surface area contributed by atoms with Crippen LogP contribution in [-0.2, 0) is 4.84 Å². The van der Waals surface area contributed by atoms with Crippen LogP contribution in [0.15, 0.2) is 0 Å². The van der Waals surface area contributed by atoms with Gasteiger partial charge < -0.3 is 16.3 Å². The van der Waals surface area contributed by atoms with E-state index in [1.807, 2.05) is 0 Å². The predicted molar refractivity (Wildman–Crippen MR) is 63.1 cm³/mol. The van der Waals surface area contributed by atoms with Gasteiger partial charge in [0.05, 0.1) is 0 Å². The minimum absolute atomic E-state index is 0.0214. The van der Waals surface area contributed by atoms with Gasteiger partial charge in [0.2, 0.25) is 0 Å². The molecular formula is C5H11N9O7. The lowest BCUT2D eigenvalue weighted by molar-refractivity contribution is -0.773. The number of nitro groups is 2. The number of nitrogens with two attached hydrogens (primary N) is 2. The van der Waals surface area contributed by atoms with Crippen LogP contribution >= 0.6 is 0 Å². The summed E-state index contributed by atoms with van der Waals surface area (Å²) in [5, 5.41) is 41.7. The Morgan fingerprint density at radius 1 is 1.00 bits per heavy atom. The van der Waals surface area contributed by atoms with Gasteiger partial charge in [0.1, 0.15) is 13.1 Å². The third-order valence-electron chi connectivity index (χ3n) is 1.94. The maximum Gasteiger partial charge on any atom is 0.294 e. The molecule has 16 heteroatoms. The zero-order valence-corrected chi connectivity index (χ0v) is 10.2. The van der Waals surface area contributed by atoms with Gasteiger partial charge in [0.15, 0.2) is 16.2 Å². The molecule has 0 aromatic heterocycles. The van der Waals surface area contributed by atoms with Crippen LogP contribution in [0.1, 0.15) is 0 Å². The average Bonchev–Trinajstić information content (AvgIpc) is 2.29. The highest BCUT2D eigenvalue weighted by molar-refractivity contribution is 5.73. The van der Waals surface area contributed by atoms with E-state index in [0.29, 0.717) is 0 Å². The van der Waals surface area contributed by atoms with Gasteiger partial charge in [-0.15, -0.1) is 10.1 Å². The van der Waals surface area contributed by atoms with Crippen molar-refractivity contribution in [3.63, 3.8) is 0 Å². The second kappa shape index (κ2) is 7.21. The molecule has 0 saturated heterocycles. The fourth-order valence-electron chi connectivity index (χ4n) is 1.14. The minimum atomic E-state index is -1.76. The lowest BCUT2D eigenvalue weighted by Gasteiger charge is -2.20. The van der Waals surface area contributed by atoms with Crippen molar-refractivity contribution in [2.45, 2.75) is 6.10 Å². The van der Waals surface area contributed by atoms with Gasteiger partial charge in [0, 0.05) is 0 Å². The zero-order valence-electron chi connectivity index (χ0n) is 10.2. The number of hydrazine groups is 2. The molecule has 0 aliphatic rings. The molecule has 21 heavy (non-hydrogen) atoms. The maximum absolute atomic E-state index is 10.6. The summed E-state index contributed by atoms with van der Waals surface area (Å²) >= 11 is 0. The van der Waals surface area contributed by atoms with E-state index in [0.717, 1.165) is 0 Å². The second-order valence-corrected chi connectivity index (χ2v) is 3.36. The number of hydrogen-bond donors (Lipinski definition) is 4. The summed E-state index contributed by atoms with van der Waals surface area (Å²) in [6.07, 6.45) is -1.76.